The monoisotopic (exact) mass is 249 g/mol. The SMILES string of the molecule is CCCNC(c1ccc(C)cc1)C(C)(CC)OC. The van der Waals surface area contributed by atoms with Crippen LogP contribution in [0.4, 0.5) is 0 Å². The molecule has 2 heteroatoms. The second-order valence-corrected chi connectivity index (χ2v) is 5.17. The van der Waals surface area contributed by atoms with Crippen LogP contribution in [0.25, 0.3) is 0 Å². The maximum Gasteiger partial charge on any atom is 0.0841 e. The van der Waals surface area contributed by atoms with Gasteiger partial charge in [0, 0.05) is 7.11 Å². The van der Waals surface area contributed by atoms with Gasteiger partial charge in [-0.05, 0) is 38.8 Å². The molecule has 0 aliphatic heterocycles. The van der Waals surface area contributed by atoms with E-state index in [1.165, 1.54) is 11.1 Å². The van der Waals surface area contributed by atoms with Crippen molar-refractivity contribution < 1.29 is 4.74 Å². The lowest BCUT2D eigenvalue weighted by atomic mass is 9.87. The van der Waals surface area contributed by atoms with Crippen LogP contribution in [-0.2, 0) is 4.74 Å². The molecule has 102 valence electrons. The largest absolute Gasteiger partial charge is 0.377 e. The molecule has 1 rings (SSSR count). The molecule has 18 heavy (non-hydrogen) atoms. The lowest BCUT2D eigenvalue weighted by Crippen LogP contribution is -2.43. The van der Waals surface area contributed by atoms with E-state index in [0.29, 0.717) is 0 Å². The number of ether oxygens (including phenoxy) is 1. The minimum Gasteiger partial charge on any atom is -0.377 e. The fourth-order valence-corrected chi connectivity index (χ4v) is 2.20. The number of aryl methyl sites for hydroxylation is 1. The van der Waals surface area contributed by atoms with Crippen LogP contribution in [-0.4, -0.2) is 19.3 Å². The van der Waals surface area contributed by atoms with Gasteiger partial charge in [-0.2, -0.15) is 0 Å². The Hall–Kier alpha value is -0.860. The van der Waals surface area contributed by atoms with Crippen molar-refractivity contribution in [1.82, 2.24) is 5.32 Å². The van der Waals surface area contributed by atoms with Crippen molar-refractivity contribution in [3.63, 3.8) is 0 Å². The zero-order valence-electron chi connectivity index (χ0n) is 12.4. The van der Waals surface area contributed by atoms with Crippen LogP contribution < -0.4 is 5.32 Å². The summed E-state index contributed by atoms with van der Waals surface area (Å²) in [6, 6.07) is 8.99. The molecule has 1 aromatic rings. The first-order valence-corrected chi connectivity index (χ1v) is 6.92. The van der Waals surface area contributed by atoms with E-state index in [1.807, 2.05) is 0 Å². The molecule has 0 bridgehead atoms. The lowest BCUT2D eigenvalue weighted by Gasteiger charge is -2.37. The number of nitrogens with one attached hydrogen (secondary N) is 1. The molecule has 0 heterocycles. The Labute approximate surface area is 112 Å². The molecule has 0 radical (unpaired) electrons. The van der Waals surface area contributed by atoms with E-state index in [4.69, 9.17) is 4.74 Å². The molecule has 0 aliphatic carbocycles. The Morgan fingerprint density at radius 2 is 1.83 bits per heavy atom. The molecule has 0 saturated heterocycles. The summed E-state index contributed by atoms with van der Waals surface area (Å²) in [5, 5.41) is 3.62. The highest BCUT2D eigenvalue weighted by molar-refractivity contribution is 5.26. The predicted molar refractivity (Wildman–Crippen MR) is 77.9 cm³/mol. The van der Waals surface area contributed by atoms with Gasteiger partial charge in [-0.15, -0.1) is 0 Å². The molecule has 0 aromatic heterocycles. The first kappa shape index (κ1) is 15.2. The minimum atomic E-state index is -0.162. The van der Waals surface area contributed by atoms with E-state index in [9.17, 15) is 0 Å². The second-order valence-electron chi connectivity index (χ2n) is 5.17. The lowest BCUT2D eigenvalue weighted by molar-refractivity contribution is -0.0299. The molecule has 2 atom stereocenters. The van der Waals surface area contributed by atoms with Gasteiger partial charge < -0.3 is 10.1 Å². The van der Waals surface area contributed by atoms with Crippen LogP contribution in [0, 0.1) is 6.92 Å². The molecule has 1 aromatic carbocycles. The Morgan fingerprint density at radius 3 is 2.28 bits per heavy atom. The Kier molecular flexibility index (Phi) is 5.83. The standard InChI is InChI=1S/C16H27NO/c1-6-12-17-15(16(4,7-2)18-5)14-10-8-13(3)9-11-14/h8-11,15,17H,6-7,12H2,1-5H3. The molecule has 0 fully saturated rings. The third-order valence-corrected chi connectivity index (χ3v) is 3.79. The van der Waals surface area contributed by atoms with Gasteiger partial charge in [-0.25, -0.2) is 0 Å². The summed E-state index contributed by atoms with van der Waals surface area (Å²) in [6.45, 7) is 9.68. The maximum atomic E-state index is 5.77. The van der Waals surface area contributed by atoms with Crippen molar-refractivity contribution >= 4 is 0 Å². The molecular weight excluding hydrogens is 222 g/mol. The van der Waals surface area contributed by atoms with Crippen molar-refractivity contribution in [3.05, 3.63) is 35.4 Å². The highest BCUT2D eigenvalue weighted by Gasteiger charge is 2.33. The van der Waals surface area contributed by atoms with Crippen molar-refractivity contribution in [3.8, 4) is 0 Å². The van der Waals surface area contributed by atoms with Gasteiger partial charge in [0.1, 0.15) is 0 Å². The number of hydrogen-bond acceptors (Lipinski definition) is 2. The minimum absolute atomic E-state index is 0.162. The van der Waals surface area contributed by atoms with Gasteiger partial charge >= 0.3 is 0 Å². The second kappa shape index (κ2) is 6.91. The Morgan fingerprint density at radius 1 is 1.22 bits per heavy atom. The summed E-state index contributed by atoms with van der Waals surface area (Å²) < 4.78 is 5.77. The van der Waals surface area contributed by atoms with Gasteiger partial charge in [0.2, 0.25) is 0 Å². The van der Waals surface area contributed by atoms with E-state index < -0.39 is 0 Å². The molecule has 2 unspecified atom stereocenters. The van der Waals surface area contributed by atoms with E-state index in [-0.39, 0.29) is 11.6 Å². The van der Waals surface area contributed by atoms with Gasteiger partial charge in [-0.3, -0.25) is 0 Å². The van der Waals surface area contributed by atoms with E-state index in [0.717, 1.165) is 19.4 Å². The van der Waals surface area contributed by atoms with Crippen molar-refractivity contribution in [2.45, 2.75) is 52.2 Å². The van der Waals surface area contributed by atoms with Gasteiger partial charge in [0.05, 0.1) is 11.6 Å². The fourth-order valence-electron chi connectivity index (χ4n) is 2.20. The van der Waals surface area contributed by atoms with Crippen LogP contribution in [0.3, 0.4) is 0 Å². The first-order valence-electron chi connectivity index (χ1n) is 6.92. The third-order valence-electron chi connectivity index (χ3n) is 3.79. The summed E-state index contributed by atoms with van der Waals surface area (Å²) in [4.78, 5) is 0. The van der Waals surface area contributed by atoms with E-state index in [2.05, 4.69) is 57.3 Å². The Bertz CT molecular complexity index is 341. The summed E-state index contributed by atoms with van der Waals surface area (Å²) in [7, 11) is 1.80. The predicted octanol–water partition coefficient (Wildman–Crippen LogP) is 3.85. The van der Waals surface area contributed by atoms with E-state index in [1.54, 1.807) is 7.11 Å². The van der Waals surface area contributed by atoms with Crippen LogP contribution in [0.2, 0.25) is 0 Å². The van der Waals surface area contributed by atoms with Crippen LogP contribution in [0.5, 0.6) is 0 Å². The number of methoxy groups -OCH3 is 1. The molecule has 0 spiro atoms. The quantitative estimate of drug-likeness (QED) is 0.792. The van der Waals surface area contributed by atoms with E-state index >= 15 is 0 Å². The number of hydrogen-bond donors (Lipinski definition) is 1. The number of rotatable bonds is 7. The molecule has 0 aliphatic rings. The van der Waals surface area contributed by atoms with Gasteiger partial charge in [-0.1, -0.05) is 43.7 Å². The fraction of sp³-hybridized carbons (Fsp3) is 0.625. The summed E-state index contributed by atoms with van der Waals surface area (Å²) in [5.41, 5.74) is 2.44. The highest BCUT2D eigenvalue weighted by atomic mass is 16.5. The van der Waals surface area contributed by atoms with Gasteiger partial charge in [0.25, 0.3) is 0 Å². The summed E-state index contributed by atoms with van der Waals surface area (Å²) >= 11 is 0. The summed E-state index contributed by atoms with van der Waals surface area (Å²) in [6.07, 6.45) is 2.12. The topological polar surface area (TPSA) is 21.3 Å². The summed E-state index contributed by atoms with van der Waals surface area (Å²) in [5.74, 6) is 0. The third kappa shape index (κ3) is 3.56. The van der Waals surface area contributed by atoms with Crippen molar-refractivity contribution in [2.24, 2.45) is 0 Å². The molecule has 1 N–H and O–H groups in total. The van der Waals surface area contributed by atoms with Crippen molar-refractivity contribution in [1.29, 1.82) is 0 Å². The first-order chi connectivity index (χ1) is 8.57. The average Bonchev–Trinajstić information content (AvgIpc) is 2.40. The zero-order valence-corrected chi connectivity index (χ0v) is 12.4. The highest BCUT2D eigenvalue weighted by Crippen LogP contribution is 2.31. The maximum absolute atomic E-state index is 5.77. The van der Waals surface area contributed by atoms with Crippen LogP contribution in [0.1, 0.15) is 50.8 Å². The average molecular weight is 249 g/mol. The zero-order chi connectivity index (χ0) is 13.6. The van der Waals surface area contributed by atoms with Crippen LogP contribution >= 0.6 is 0 Å². The Balaban J connectivity index is 3.00. The molecule has 0 amide bonds. The number of benzene rings is 1. The molecule has 2 nitrogen and oxygen atoms in total. The normalized spacial score (nSPS) is 16.3. The van der Waals surface area contributed by atoms with Crippen molar-refractivity contribution in [2.75, 3.05) is 13.7 Å². The smallest absolute Gasteiger partial charge is 0.0841 e. The molecule has 0 saturated carbocycles. The molecular formula is C16H27NO. The van der Waals surface area contributed by atoms with Gasteiger partial charge in [0.15, 0.2) is 0 Å². The van der Waals surface area contributed by atoms with Crippen LogP contribution in [0.15, 0.2) is 24.3 Å².